The Bertz CT molecular complexity index is 1200. The molecular weight excluding hydrogens is 374 g/mol. The fraction of sp³-hybridized carbons (Fsp3) is 0.150. The summed E-state index contributed by atoms with van der Waals surface area (Å²) in [5, 5.41) is 11.2. The maximum absolute atomic E-state index is 12.8. The van der Waals surface area contributed by atoms with E-state index >= 15 is 0 Å². The molecule has 140 valence electrons. The first-order valence-corrected chi connectivity index (χ1v) is 9.58. The van der Waals surface area contributed by atoms with Crippen molar-refractivity contribution in [1.82, 2.24) is 25.1 Å². The smallest absolute Gasteiger partial charge is 0.274 e. The topological polar surface area (TPSA) is 89.8 Å². The standard InChI is InChI=1S/C20H17N5O2S/c1-13-23-18(12-28-13)19(26)22-10-17-15-6-2-3-7-16(15)20(27)25(24-17)11-14-5-4-8-21-9-14/h2-9,12H,10-11H2,1H3,(H,22,26). The highest BCUT2D eigenvalue weighted by Crippen LogP contribution is 2.14. The number of aryl methyl sites for hydroxylation is 1. The van der Waals surface area contributed by atoms with Gasteiger partial charge in [-0.15, -0.1) is 11.3 Å². The molecule has 0 radical (unpaired) electrons. The van der Waals surface area contributed by atoms with Crippen LogP contribution in [0.25, 0.3) is 10.8 Å². The van der Waals surface area contributed by atoms with E-state index in [1.54, 1.807) is 23.8 Å². The van der Waals surface area contributed by atoms with Crippen molar-refractivity contribution in [2.45, 2.75) is 20.0 Å². The Balaban J connectivity index is 1.67. The van der Waals surface area contributed by atoms with Crippen molar-refractivity contribution < 1.29 is 4.79 Å². The van der Waals surface area contributed by atoms with Crippen LogP contribution in [0.1, 0.15) is 26.8 Å². The molecule has 0 aliphatic carbocycles. The summed E-state index contributed by atoms with van der Waals surface area (Å²) < 4.78 is 1.41. The number of benzene rings is 1. The Morgan fingerprint density at radius 3 is 2.71 bits per heavy atom. The number of hydrogen-bond acceptors (Lipinski definition) is 6. The van der Waals surface area contributed by atoms with E-state index in [9.17, 15) is 9.59 Å². The molecule has 0 spiro atoms. The van der Waals surface area contributed by atoms with Gasteiger partial charge in [-0.3, -0.25) is 14.6 Å². The maximum atomic E-state index is 12.8. The largest absolute Gasteiger partial charge is 0.345 e. The van der Waals surface area contributed by atoms with Crippen molar-refractivity contribution in [3.8, 4) is 0 Å². The molecule has 0 aliphatic heterocycles. The number of nitrogens with one attached hydrogen (secondary N) is 1. The summed E-state index contributed by atoms with van der Waals surface area (Å²) >= 11 is 1.42. The second-order valence-electron chi connectivity index (χ2n) is 6.25. The monoisotopic (exact) mass is 391 g/mol. The van der Waals surface area contributed by atoms with E-state index in [-0.39, 0.29) is 18.0 Å². The van der Waals surface area contributed by atoms with Gasteiger partial charge in [0.1, 0.15) is 5.69 Å². The molecule has 0 saturated heterocycles. The normalized spacial score (nSPS) is 10.9. The number of rotatable bonds is 5. The van der Waals surface area contributed by atoms with E-state index in [0.717, 1.165) is 16.0 Å². The van der Waals surface area contributed by atoms with Crippen LogP contribution >= 0.6 is 11.3 Å². The molecule has 0 unspecified atom stereocenters. The summed E-state index contributed by atoms with van der Waals surface area (Å²) in [6, 6.07) is 11.0. The van der Waals surface area contributed by atoms with Crippen molar-refractivity contribution in [1.29, 1.82) is 0 Å². The van der Waals surface area contributed by atoms with Gasteiger partial charge in [0.25, 0.3) is 11.5 Å². The van der Waals surface area contributed by atoms with Gasteiger partial charge in [0.2, 0.25) is 0 Å². The summed E-state index contributed by atoms with van der Waals surface area (Å²) in [5.41, 5.74) is 1.71. The van der Waals surface area contributed by atoms with Crippen LogP contribution in [-0.2, 0) is 13.1 Å². The molecule has 0 bridgehead atoms. The van der Waals surface area contributed by atoms with Crippen LogP contribution in [0.4, 0.5) is 0 Å². The zero-order chi connectivity index (χ0) is 19.5. The van der Waals surface area contributed by atoms with E-state index in [4.69, 9.17) is 0 Å². The molecule has 28 heavy (non-hydrogen) atoms. The first-order chi connectivity index (χ1) is 13.6. The highest BCUT2D eigenvalue weighted by Gasteiger charge is 2.14. The first kappa shape index (κ1) is 18.0. The molecule has 3 aromatic heterocycles. The average Bonchev–Trinajstić information content (AvgIpc) is 3.16. The van der Waals surface area contributed by atoms with Crippen LogP contribution in [0.15, 0.2) is 59.0 Å². The predicted molar refractivity (Wildman–Crippen MR) is 107 cm³/mol. The van der Waals surface area contributed by atoms with Crippen LogP contribution in [0.5, 0.6) is 0 Å². The summed E-state index contributed by atoms with van der Waals surface area (Å²) in [7, 11) is 0. The maximum Gasteiger partial charge on any atom is 0.274 e. The quantitative estimate of drug-likeness (QED) is 0.565. The second-order valence-corrected chi connectivity index (χ2v) is 7.31. The van der Waals surface area contributed by atoms with Gasteiger partial charge in [-0.1, -0.05) is 24.3 Å². The molecule has 0 atom stereocenters. The van der Waals surface area contributed by atoms with Gasteiger partial charge in [-0.2, -0.15) is 5.10 Å². The Labute approximate surface area is 164 Å². The highest BCUT2D eigenvalue weighted by atomic mass is 32.1. The average molecular weight is 391 g/mol. The number of thiazole rings is 1. The number of carbonyl (C=O) groups is 1. The van der Waals surface area contributed by atoms with Gasteiger partial charge in [0.05, 0.1) is 29.2 Å². The van der Waals surface area contributed by atoms with Crippen LogP contribution in [0.2, 0.25) is 0 Å². The molecule has 3 heterocycles. The van der Waals surface area contributed by atoms with Crippen LogP contribution in [0, 0.1) is 6.92 Å². The lowest BCUT2D eigenvalue weighted by Gasteiger charge is -2.11. The Hall–Kier alpha value is -3.39. The summed E-state index contributed by atoms with van der Waals surface area (Å²) in [5.74, 6) is -0.264. The molecule has 7 nitrogen and oxygen atoms in total. The van der Waals surface area contributed by atoms with Gasteiger partial charge in [-0.25, -0.2) is 9.67 Å². The molecule has 1 N–H and O–H groups in total. The SMILES string of the molecule is Cc1nc(C(=O)NCc2nn(Cc3cccnc3)c(=O)c3ccccc23)cs1. The Morgan fingerprint density at radius 1 is 1.18 bits per heavy atom. The summed E-state index contributed by atoms with van der Waals surface area (Å²) in [6.07, 6.45) is 3.39. The third kappa shape index (κ3) is 3.67. The number of carbonyl (C=O) groups excluding carboxylic acids is 1. The minimum Gasteiger partial charge on any atom is -0.345 e. The van der Waals surface area contributed by atoms with Crippen molar-refractivity contribution in [2.24, 2.45) is 0 Å². The van der Waals surface area contributed by atoms with Crippen molar-refractivity contribution >= 4 is 28.0 Å². The third-order valence-corrected chi connectivity index (χ3v) is 5.04. The molecule has 0 aliphatic rings. The predicted octanol–water partition coefficient (Wildman–Crippen LogP) is 2.53. The lowest BCUT2D eigenvalue weighted by Crippen LogP contribution is -2.29. The number of hydrogen-bond donors (Lipinski definition) is 1. The van der Waals surface area contributed by atoms with E-state index in [1.165, 1.54) is 16.0 Å². The van der Waals surface area contributed by atoms with E-state index in [2.05, 4.69) is 20.4 Å². The fourth-order valence-electron chi connectivity index (χ4n) is 2.93. The summed E-state index contributed by atoms with van der Waals surface area (Å²) in [6.45, 7) is 2.36. The lowest BCUT2D eigenvalue weighted by atomic mass is 10.1. The molecule has 0 fully saturated rings. The van der Waals surface area contributed by atoms with E-state index < -0.39 is 0 Å². The first-order valence-electron chi connectivity index (χ1n) is 8.70. The Kier molecular flexibility index (Phi) is 4.94. The summed E-state index contributed by atoms with van der Waals surface area (Å²) in [4.78, 5) is 33.5. The van der Waals surface area contributed by atoms with E-state index in [0.29, 0.717) is 23.3 Å². The molecule has 1 aromatic carbocycles. The number of fused-ring (bicyclic) bond motifs is 1. The van der Waals surface area contributed by atoms with Gasteiger partial charge >= 0.3 is 0 Å². The second kappa shape index (κ2) is 7.69. The Morgan fingerprint density at radius 2 is 2.00 bits per heavy atom. The van der Waals surface area contributed by atoms with Crippen LogP contribution < -0.4 is 10.9 Å². The molecule has 4 aromatic rings. The van der Waals surface area contributed by atoms with Gasteiger partial charge in [0, 0.05) is 23.2 Å². The highest BCUT2D eigenvalue weighted by molar-refractivity contribution is 7.09. The number of amides is 1. The molecule has 0 saturated carbocycles. The van der Waals surface area contributed by atoms with Crippen molar-refractivity contribution in [3.05, 3.63) is 86.5 Å². The number of nitrogens with zero attached hydrogens (tertiary/aromatic N) is 4. The molecule has 8 heteroatoms. The third-order valence-electron chi connectivity index (χ3n) is 4.27. The van der Waals surface area contributed by atoms with Crippen molar-refractivity contribution in [3.63, 3.8) is 0 Å². The zero-order valence-corrected chi connectivity index (χ0v) is 15.9. The van der Waals surface area contributed by atoms with Crippen molar-refractivity contribution in [2.75, 3.05) is 0 Å². The molecule has 4 rings (SSSR count). The van der Waals surface area contributed by atoms with Crippen LogP contribution in [0.3, 0.4) is 0 Å². The van der Waals surface area contributed by atoms with Gasteiger partial charge in [-0.05, 0) is 24.6 Å². The van der Waals surface area contributed by atoms with Crippen LogP contribution in [-0.4, -0.2) is 25.7 Å². The lowest BCUT2D eigenvalue weighted by molar-refractivity contribution is 0.0946. The minimum atomic E-state index is -0.264. The molecular formula is C20H17N5O2S. The fourth-order valence-corrected chi connectivity index (χ4v) is 3.52. The van der Waals surface area contributed by atoms with Gasteiger partial charge in [0.15, 0.2) is 0 Å². The molecule has 1 amide bonds. The van der Waals surface area contributed by atoms with E-state index in [1.807, 2.05) is 37.3 Å². The number of pyridine rings is 1. The van der Waals surface area contributed by atoms with Gasteiger partial charge < -0.3 is 5.32 Å². The minimum absolute atomic E-state index is 0.176. The number of aromatic nitrogens is 4. The zero-order valence-electron chi connectivity index (χ0n) is 15.1.